The van der Waals surface area contributed by atoms with Crippen LogP contribution in [-0.2, 0) is 10.0 Å². The average Bonchev–Trinajstić information content (AvgIpc) is 2.83. The molecule has 3 aromatic rings. The lowest BCUT2D eigenvalue weighted by Gasteiger charge is -2.20. The van der Waals surface area contributed by atoms with Gasteiger partial charge in [0, 0.05) is 29.9 Å². The third-order valence-corrected chi connectivity index (χ3v) is 6.69. The van der Waals surface area contributed by atoms with E-state index in [2.05, 4.69) is 5.32 Å². The zero-order valence-electron chi connectivity index (χ0n) is 18.2. The van der Waals surface area contributed by atoms with Gasteiger partial charge in [-0.05, 0) is 54.6 Å². The Morgan fingerprint density at radius 3 is 2.15 bits per heavy atom. The van der Waals surface area contributed by atoms with Crippen molar-refractivity contribution in [3.63, 3.8) is 0 Å². The Labute approximate surface area is 191 Å². The number of nitrogens with zero attached hydrogens (tertiary/aromatic N) is 1. The van der Waals surface area contributed by atoms with E-state index in [4.69, 9.17) is 15.2 Å². The zero-order chi connectivity index (χ0) is 24.2. The van der Waals surface area contributed by atoms with Gasteiger partial charge in [0.25, 0.3) is 15.9 Å². The molecular formula is C23H23N3O6S. The van der Waals surface area contributed by atoms with Crippen LogP contribution in [0.4, 0.5) is 11.4 Å². The molecule has 0 radical (unpaired) electrons. The average molecular weight is 470 g/mol. The number of primary amides is 1. The lowest BCUT2D eigenvalue weighted by atomic mass is 10.1. The molecule has 3 N–H and O–H groups in total. The number of carbonyl (C=O) groups is 2. The standard InChI is InChI=1S/C23H23N3O6S/c1-26(33(29,30)19-11-12-20(31-2)21(14-19)32-3)18-9-7-15(8-10-18)23(28)25-17-6-4-5-16(13-17)22(24)27/h4-14H,1-3H3,(H2,24,27)(H,25,28). The van der Waals surface area contributed by atoms with Crippen molar-refractivity contribution in [2.45, 2.75) is 4.90 Å². The van der Waals surface area contributed by atoms with Gasteiger partial charge in [-0.25, -0.2) is 8.42 Å². The number of rotatable bonds is 8. The van der Waals surface area contributed by atoms with E-state index in [-0.39, 0.29) is 10.5 Å². The second kappa shape index (κ2) is 9.61. The maximum absolute atomic E-state index is 13.1. The van der Waals surface area contributed by atoms with E-state index >= 15 is 0 Å². The number of nitrogens with one attached hydrogen (secondary N) is 1. The molecule has 0 atom stereocenters. The smallest absolute Gasteiger partial charge is 0.264 e. The highest BCUT2D eigenvalue weighted by Crippen LogP contribution is 2.31. The molecule has 2 amide bonds. The third kappa shape index (κ3) is 5.07. The summed E-state index contributed by atoms with van der Waals surface area (Å²) in [5.74, 6) is -0.321. The monoisotopic (exact) mass is 469 g/mol. The molecule has 0 aromatic heterocycles. The summed E-state index contributed by atoms with van der Waals surface area (Å²) < 4.78 is 37.6. The molecule has 10 heteroatoms. The van der Waals surface area contributed by atoms with Crippen molar-refractivity contribution >= 4 is 33.2 Å². The second-order valence-electron chi connectivity index (χ2n) is 6.94. The first kappa shape index (κ1) is 23.6. The lowest BCUT2D eigenvalue weighted by molar-refractivity contribution is 0.0996. The Balaban J connectivity index is 1.79. The molecule has 9 nitrogen and oxygen atoms in total. The van der Waals surface area contributed by atoms with E-state index in [1.54, 1.807) is 18.2 Å². The first-order valence-corrected chi connectivity index (χ1v) is 11.1. The maximum Gasteiger partial charge on any atom is 0.264 e. The van der Waals surface area contributed by atoms with E-state index in [1.807, 2.05) is 0 Å². The fourth-order valence-electron chi connectivity index (χ4n) is 3.05. The molecule has 0 saturated heterocycles. The molecule has 0 heterocycles. The summed E-state index contributed by atoms with van der Waals surface area (Å²) in [7, 11) is 0.408. The summed E-state index contributed by atoms with van der Waals surface area (Å²) in [6.07, 6.45) is 0. The molecule has 0 spiro atoms. The number of nitrogens with two attached hydrogens (primary N) is 1. The van der Waals surface area contributed by atoms with Gasteiger partial charge in [-0.3, -0.25) is 13.9 Å². The van der Waals surface area contributed by atoms with Crippen molar-refractivity contribution in [3.05, 3.63) is 77.9 Å². The minimum Gasteiger partial charge on any atom is -0.493 e. The number of ether oxygens (including phenoxy) is 2. The molecule has 172 valence electrons. The molecule has 0 aliphatic rings. The summed E-state index contributed by atoms with van der Waals surface area (Å²) >= 11 is 0. The lowest BCUT2D eigenvalue weighted by Crippen LogP contribution is -2.26. The second-order valence-corrected chi connectivity index (χ2v) is 8.90. The minimum atomic E-state index is -3.89. The Morgan fingerprint density at radius 2 is 1.55 bits per heavy atom. The van der Waals surface area contributed by atoms with Gasteiger partial charge in [0.2, 0.25) is 5.91 Å². The molecule has 0 unspecified atom stereocenters. The summed E-state index contributed by atoms with van der Waals surface area (Å²) in [6, 6.07) is 16.6. The van der Waals surface area contributed by atoms with Crippen LogP contribution >= 0.6 is 0 Å². The number of hydrogen-bond donors (Lipinski definition) is 2. The van der Waals surface area contributed by atoms with Crippen LogP contribution < -0.4 is 24.8 Å². The largest absolute Gasteiger partial charge is 0.493 e. The van der Waals surface area contributed by atoms with Gasteiger partial charge in [0.15, 0.2) is 11.5 Å². The Hall–Kier alpha value is -4.05. The van der Waals surface area contributed by atoms with Crippen LogP contribution in [0.5, 0.6) is 11.5 Å². The van der Waals surface area contributed by atoms with E-state index in [1.165, 1.54) is 69.8 Å². The Bertz CT molecular complexity index is 1290. The predicted molar refractivity (Wildman–Crippen MR) is 124 cm³/mol. The molecule has 3 aromatic carbocycles. The number of carbonyl (C=O) groups excluding carboxylic acids is 2. The van der Waals surface area contributed by atoms with Crippen molar-refractivity contribution in [2.75, 3.05) is 30.9 Å². The van der Waals surface area contributed by atoms with Gasteiger partial charge in [0.1, 0.15) is 0 Å². The van der Waals surface area contributed by atoms with E-state index in [9.17, 15) is 18.0 Å². The first-order chi connectivity index (χ1) is 15.7. The number of hydrogen-bond acceptors (Lipinski definition) is 6. The normalized spacial score (nSPS) is 10.9. The van der Waals surface area contributed by atoms with E-state index in [0.717, 1.165) is 4.31 Å². The highest BCUT2D eigenvalue weighted by molar-refractivity contribution is 7.92. The van der Waals surface area contributed by atoms with Crippen LogP contribution in [-0.4, -0.2) is 41.5 Å². The van der Waals surface area contributed by atoms with Crippen LogP contribution in [0.25, 0.3) is 0 Å². The van der Waals surface area contributed by atoms with Gasteiger partial charge in [-0.15, -0.1) is 0 Å². The third-order valence-electron chi connectivity index (χ3n) is 4.91. The highest BCUT2D eigenvalue weighted by atomic mass is 32.2. The number of sulfonamides is 1. The fourth-order valence-corrected chi connectivity index (χ4v) is 4.26. The van der Waals surface area contributed by atoms with E-state index in [0.29, 0.717) is 28.4 Å². The topological polar surface area (TPSA) is 128 Å². The molecule has 0 aliphatic heterocycles. The van der Waals surface area contributed by atoms with Crippen molar-refractivity contribution in [1.29, 1.82) is 0 Å². The van der Waals surface area contributed by atoms with Crippen LogP contribution in [0.15, 0.2) is 71.6 Å². The van der Waals surface area contributed by atoms with Crippen LogP contribution in [0, 0.1) is 0 Å². The molecule has 0 bridgehead atoms. The van der Waals surface area contributed by atoms with Crippen LogP contribution in [0.1, 0.15) is 20.7 Å². The van der Waals surface area contributed by atoms with Crippen molar-refractivity contribution in [1.82, 2.24) is 0 Å². The van der Waals surface area contributed by atoms with Crippen molar-refractivity contribution < 1.29 is 27.5 Å². The van der Waals surface area contributed by atoms with Gasteiger partial charge in [-0.1, -0.05) is 6.07 Å². The molecule has 3 rings (SSSR count). The summed E-state index contributed by atoms with van der Waals surface area (Å²) in [5.41, 5.74) is 6.60. The van der Waals surface area contributed by atoms with Crippen molar-refractivity contribution in [3.8, 4) is 11.5 Å². The Kier molecular flexibility index (Phi) is 6.88. The fraction of sp³-hybridized carbons (Fsp3) is 0.130. The van der Waals surface area contributed by atoms with Crippen molar-refractivity contribution in [2.24, 2.45) is 5.73 Å². The maximum atomic E-state index is 13.1. The van der Waals surface area contributed by atoms with Gasteiger partial charge in [0.05, 0.1) is 24.8 Å². The highest BCUT2D eigenvalue weighted by Gasteiger charge is 2.23. The SMILES string of the molecule is COc1ccc(S(=O)(=O)N(C)c2ccc(C(=O)Nc3cccc(C(N)=O)c3)cc2)cc1OC. The Morgan fingerprint density at radius 1 is 0.879 bits per heavy atom. The zero-order valence-corrected chi connectivity index (χ0v) is 19.0. The summed E-state index contributed by atoms with van der Waals surface area (Å²) in [6.45, 7) is 0. The molecule has 0 aliphatic carbocycles. The summed E-state index contributed by atoms with van der Waals surface area (Å²) in [4.78, 5) is 23.9. The quantitative estimate of drug-likeness (QED) is 0.522. The molecule has 0 fully saturated rings. The number of amides is 2. The van der Waals surface area contributed by atoms with Gasteiger partial charge < -0.3 is 20.5 Å². The van der Waals surface area contributed by atoms with E-state index < -0.39 is 21.8 Å². The molecule has 33 heavy (non-hydrogen) atoms. The van der Waals surface area contributed by atoms with Gasteiger partial charge in [-0.2, -0.15) is 0 Å². The molecular weight excluding hydrogens is 446 g/mol. The number of methoxy groups -OCH3 is 2. The predicted octanol–water partition coefficient (Wildman–Crippen LogP) is 2.88. The first-order valence-electron chi connectivity index (χ1n) is 9.69. The van der Waals surface area contributed by atoms with Crippen LogP contribution in [0.2, 0.25) is 0 Å². The van der Waals surface area contributed by atoms with Crippen LogP contribution in [0.3, 0.4) is 0 Å². The molecule has 0 saturated carbocycles. The number of benzene rings is 3. The number of anilines is 2. The summed E-state index contributed by atoms with van der Waals surface area (Å²) in [5, 5.41) is 2.68. The van der Waals surface area contributed by atoms with Gasteiger partial charge >= 0.3 is 0 Å². The minimum absolute atomic E-state index is 0.0267.